The van der Waals surface area contributed by atoms with Gasteiger partial charge in [0, 0.05) is 5.57 Å². The van der Waals surface area contributed by atoms with E-state index in [-0.39, 0.29) is 4.90 Å². The Morgan fingerprint density at radius 1 is 0.962 bits per heavy atom. The molecule has 0 saturated heterocycles. The number of nitrogens with zero attached hydrogens (tertiary/aromatic N) is 1. The topological polar surface area (TPSA) is 73.1 Å². The molecule has 4 nitrogen and oxygen atoms in total. The minimum atomic E-state index is -3.85. The molecule has 1 aromatic heterocycles. The van der Waals surface area contributed by atoms with Gasteiger partial charge < -0.3 is 0 Å². The molecule has 2 N–H and O–H groups in total. The van der Waals surface area contributed by atoms with Crippen molar-refractivity contribution in [2.24, 2.45) is 10.6 Å². The molecule has 0 bridgehead atoms. The Morgan fingerprint density at radius 2 is 1.58 bits per heavy atom. The number of primary sulfonamides is 1. The van der Waals surface area contributed by atoms with Gasteiger partial charge in [-0.3, -0.25) is 4.98 Å². The van der Waals surface area contributed by atoms with Gasteiger partial charge >= 0.3 is 0 Å². The normalized spacial score (nSPS) is 16.3. The SMILES string of the molecule is NS(=O)(=O)c1ccc(C2=CC(CF)(CF)C=C2c2ccc(F)cn2)cc1. The Kier molecular flexibility index (Phi) is 4.72. The van der Waals surface area contributed by atoms with Crippen LogP contribution in [-0.2, 0) is 10.0 Å². The first kappa shape index (κ1) is 18.3. The molecule has 0 spiro atoms. The molecule has 0 saturated carbocycles. The smallest absolute Gasteiger partial charge is 0.238 e. The van der Waals surface area contributed by atoms with Crippen LogP contribution in [0, 0.1) is 11.2 Å². The largest absolute Gasteiger partial charge is 0.253 e. The molecule has 1 aromatic carbocycles. The second-order valence-corrected chi connectivity index (χ2v) is 7.61. The first-order chi connectivity index (χ1) is 12.3. The molecule has 2 aromatic rings. The summed E-state index contributed by atoms with van der Waals surface area (Å²) in [4.78, 5) is 3.91. The number of sulfonamides is 1. The van der Waals surface area contributed by atoms with E-state index in [0.717, 1.165) is 6.20 Å². The third kappa shape index (κ3) is 3.42. The zero-order valence-electron chi connectivity index (χ0n) is 13.5. The maximum Gasteiger partial charge on any atom is 0.238 e. The van der Waals surface area contributed by atoms with Crippen molar-refractivity contribution in [2.45, 2.75) is 4.90 Å². The number of halogens is 3. The Bertz CT molecular complexity index is 978. The maximum atomic E-state index is 13.5. The highest BCUT2D eigenvalue weighted by Crippen LogP contribution is 2.44. The molecule has 1 aliphatic rings. The van der Waals surface area contributed by atoms with Gasteiger partial charge in [-0.25, -0.2) is 26.7 Å². The van der Waals surface area contributed by atoms with Gasteiger partial charge in [0.1, 0.15) is 19.2 Å². The number of rotatable bonds is 5. The third-order valence-corrected chi connectivity index (χ3v) is 5.08. The number of benzene rings is 1. The van der Waals surface area contributed by atoms with Crippen LogP contribution in [0.5, 0.6) is 0 Å². The van der Waals surface area contributed by atoms with E-state index in [0.29, 0.717) is 22.4 Å². The molecule has 0 amide bonds. The van der Waals surface area contributed by atoms with Crippen molar-refractivity contribution < 1.29 is 21.6 Å². The summed E-state index contributed by atoms with van der Waals surface area (Å²) in [5, 5.41) is 5.08. The fourth-order valence-corrected chi connectivity index (χ4v) is 3.29. The van der Waals surface area contributed by atoms with Crippen molar-refractivity contribution in [1.29, 1.82) is 0 Å². The summed E-state index contributed by atoms with van der Waals surface area (Å²) in [6.07, 6.45) is 3.89. The number of hydrogen-bond acceptors (Lipinski definition) is 3. The molecule has 26 heavy (non-hydrogen) atoms. The predicted molar refractivity (Wildman–Crippen MR) is 92.3 cm³/mol. The zero-order valence-corrected chi connectivity index (χ0v) is 14.3. The van der Waals surface area contributed by atoms with Gasteiger partial charge in [0.15, 0.2) is 0 Å². The van der Waals surface area contributed by atoms with Crippen LogP contribution in [0.2, 0.25) is 0 Å². The third-order valence-electron chi connectivity index (χ3n) is 4.15. The molecule has 0 radical (unpaired) electrons. The van der Waals surface area contributed by atoms with Crippen molar-refractivity contribution in [3.8, 4) is 0 Å². The van der Waals surface area contributed by atoms with Crippen molar-refractivity contribution in [1.82, 2.24) is 4.98 Å². The van der Waals surface area contributed by atoms with Crippen LogP contribution in [-0.4, -0.2) is 26.8 Å². The second-order valence-electron chi connectivity index (χ2n) is 6.05. The van der Waals surface area contributed by atoms with E-state index in [4.69, 9.17) is 5.14 Å². The van der Waals surface area contributed by atoms with Crippen molar-refractivity contribution >= 4 is 21.2 Å². The quantitative estimate of drug-likeness (QED) is 0.865. The average molecular weight is 380 g/mol. The van der Waals surface area contributed by atoms with Gasteiger partial charge in [-0.1, -0.05) is 24.3 Å². The van der Waals surface area contributed by atoms with Crippen LogP contribution in [0.3, 0.4) is 0 Å². The van der Waals surface area contributed by atoms with E-state index in [2.05, 4.69) is 4.98 Å². The number of hydrogen-bond donors (Lipinski definition) is 1. The van der Waals surface area contributed by atoms with Crippen LogP contribution in [0.4, 0.5) is 13.2 Å². The second kappa shape index (κ2) is 6.69. The first-order valence-corrected chi connectivity index (χ1v) is 9.16. The summed E-state index contributed by atoms with van der Waals surface area (Å²) in [6.45, 7) is -1.90. The number of nitrogens with two attached hydrogens (primary N) is 1. The van der Waals surface area contributed by atoms with E-state index in [1.54, 1.807) is 0 Å². The average Bonchev–Trinajstić information content (AvgIpc) is 3.02. The molecule has 136 valence electrons. The summed E-state index contributed by atoms with van der Waals surface area (Å²) in [5.74, 6) is -0.530. The van der Waals surface area contributed by atoms with Gasteiger partial charge in [-0.15, -0.1) is 0 Å². The number of pyridine rings is 1. The molecule has 8 heteroatoms. The van der Waals surface area contributed by atoms with E-state index in [1.165, 1.54) is 48.6 Å². The first-order valence-electron chi connectivity index (χ1n) is 7.61. The Morgan fingerprint density at radius 3 is 2.08 bits per heavy atom. The molecule has 0 atom stereocenters. The lowest BCUT2D eigenvalue weighted by Crippen LogP contribution is -2.18. The minimum Gasteiger partial charge on any atom is -0.253 e. The molecule has 0 fully saturated rings. The van der Waals surface area contributed by atoms with Crippen LogP contribution in [0.1, 0.15) is 11.3 Å². The van der Waals surface area contributed by atoms with Gasteiger partial charge in [-0.2, -0.15) is 0 Å². The van der Waals surface area contributed by atoms with Crippen LogP contribution >= 0.6 is 0 Å². The van der Waals surface area contributed by atoms with Gasteiger partial charge in [0.05, 0.1) is 22.2 Å². The van der Waals surface area contributed by atoms with Crippen LogP contribution in [0.15, 0.2) is 59.6 Å². The van der Waals surface area contributed by atoms with Gasteiger partial charge in [0.25, 0.3) is 0 Å². The molecule has 1 aliphatic carbocycles. The number of alkyl halides is 2. The highest BCUT2D eigenvalue weighted by Gasteiger charge is 2.34. The molecular weight excluding hydrogens is 365 g/mol. The van der Waals surface area contributed by atoms with Crippen molar-refractivity contribution in [2.75, 3.05) is 13.3 Å². The lowest BCUT2D eigenvalue weighted by atomic mass is 9.93. The summed E-state index contributed by atoms with van der Waals surface area (Å²) in [5.41, 5.74) is 0.402. The fraction of sp³-hybridized carbons (Fsp3) is 0.167. The number of allylic oxidation sites excluding steroid dienone is 4. The molecule has 1 heterocycles. The van der Waals surface area contributed by atoms with Crippen molar-refractivity contribution in [3.05, 3.63) is 71.8 Å². The van der Waals surface area contributed by atoms with E-state index in [9.17, 15) is 21.6 Å². The summed E-state index contributed by atoms with van der Waals surface area (Å²) >= 11 is 0. The Balaban J connectivity index is 2.10. The predicted octanol–water partition coefficient (Wildman–Crippen LogP) is 3.27. The Labute approximate surface area is 148 Å². The van der Waals surface area contributed by atoms with E-state index >= 15 is 0 Å². The molecular formula is C18H15F3N2O2S. The molecule has 0 unspecified atom stereocenters. The summed E-state index contributed by atoms with van der Waals surface area (Å²) < 4.78 is 62.9. The van der Waals surface area contributed by atoms with Gasteiger partial charge in [-0.05, 0) is 35.4 Å². The Hall–Kier alpha value is -2.45. The standard InChI is InChI=1S/C18H15F3N2O2S/c19-10-18(11-20)7-15(12-1-4-14(5-2-12)26(22,24)25)16(8-18)17-6-3-13(21)9-23-17/h1-9H,10-11H2,(H2,22,24,25). The van der Waals surface area contributed by atoms with E-state index < -0.39 is 34.6 Å². The van der Waals surface area contributed by atoms with E-state index in [1.807, 2.05) is 0 Å². The highest BCUT2D eigenvalue weighted by atomic mass is 32.2. The monoisotopic (exact) mass is 380 g/mol. The fourth-order valence-electron chi connectivity index (χ4n) is 2.77. The molecule has 0 aliphatic heterocycles. The lowest BCUT2D eigenvalue weighted by Gasteiger charge is -2.15. The summed E-state index contributed by atoms with van der Waals surface area (Å²) in [7, 11) is -3.85. The maximum absolute atomic E-state index is 13.5. The highest BCUT2D eigenvalue weighted by molar-refractivity contribution is 7.89. The van der Waals surface area contributed by atoms with Gasteiger partial charge in [0.2, 0.25) is 10.0 Å². The van der Waals surface area contributed by atoms with Crippen molar-refractivity contribution in [3.63, 3.8) is 0 Å². The molecule has 3 rings (SSSR count). The summed E-state index contributed by atoms with van der Waals surface area (Å²) in [6, 6.07) is 8.24. The van der Waals surface area contributed by atoms with Crippen LogP contribution < -0.4 is 5.14 Å². The number of aromatic nitrogens is 1. The minimum absolute atomic E-state index is 0.0764. The van der Waals surface area contributed by atoms with Crippen LogP contribution in [0.25, 0.3) is 11.1 Å². The lowest BCUT2D eigenvalue weighted by molar-refractivity contribution is 0.265. The zero-order chi connectivity index (χ0) is 18.9.